The molecule has 0 bridgehead atoms. The lowest BCUT2D eigenvalue weighted by molar-refractivity contribution is -0.0520. The van der Waals surface area contributed by atoms with E-state index in [1.807, 2.05) is 0 Å². The van der Waals surface area contributed by atoms with Gasteiger partial charge >= 0.3 is 0 Å². The molecule has 130 valence electrons. The van der Waals surface area contributed by atoms with E-state index in [-0.39, 0.29) is 12.8 Å². The van der Waals surface area contributed by atoms with Gasteiger partial charge in [0.1, 0.15) is 0 Å². The lowest BCUT2D eigenvalue weighted by Crippen LogP contribution is -2.28. The summed E-state index contributed by atoms with van der Waals surface area (Å²) in [5.41, 5.74) is 0.552. The summed E-state index contributed by atoms with van der Waals surface area (Å²) in [6.07, 6.45) is 9.75. The van der Waals surface area contributed by atoms with Crippen LogP contribution in [0.3, 0.4) is 0 Å². The maximum Gasteiger partial charge on any atom is 0.248 e. The highest BCUT2D eigenvalue weighted by Gasteiger charge is 2.36. The van der Waals surface area contributed by atoms with Crippen molar-refractivity contribution in [3.05, 3.63) is 0 Å². The first-order valence-electron chi connectivity index (χ1n) is 9.56. The zero-order chi connectivity index (χ0) is 16.4. The molecule has 0 aliphatic heterocycles. The largest absolute Gasteiger partial charge is 0.248 e. The zero-order valence-corrected chi connectivity index (χ0v) is 15.1. The minimum Gasteiger partial charge on any atom is -0.207 e. The third kappa shape index (κ3) is 5.20. The molecular weight excluding hydrogens is 278 g/mol. The quantitative estimate of drug-likeness (QED) is 0.508. The summed E-state index contributed by atoms with van der Waals surface area (Å²) < 4.78 is 26.5. The van der Waals surface area contributed by atoms with Crippen molar-refractivity contribution in [3.63, 3.8) is 0 Å². The Kier molecular flexibility index (Phi) is 5.94. The molecule has 0 aromatic heterocycles. The second-order valence-electron chi connectivity index (χ2n) is 9.23. The van der Waals surface area contributed by atoms with Crippen molar-refractivity contribution in [1.29, 1.82) is 0 Å². The molecular formula is C20H36F2. The Morgan fingerprint density at radius 2 is 1.14 bits per heavy atom. The molecule has 0 heterocycles. The van der Waals surface area contributed by atoms with Gasteiger partial charge < -0.3 is 0 Å². The lowest BCUT2D eigenvalue weighted by Gasteiger charge is -2.38. The smallest absolute Gasteiger partial charge is 0.207 e. The summed E-state index contributed by atoms with van der Waals surface area (Å²) in [7, 11) is 0. The van der Waals surface area contributed by atoms with Crippen molar-refractivity contribution >= 4 is 0 Å². The predicted molar refractivity (Wildman–Crippen MR) is 90.2 cm³/mol. The molecule has 0 saturated heterocycles. The van der Waals surface area contributed by atoms with E-state index in [1.54, 1.807) is 0 Å². The fourth-order valence-corrected chi connectivity index (χ4v) is 4.62. The van der Waals surface area contributed by atoms with Crippen LogP contribution in [-0.2, 0) is 0 Å². The summed E-state index contributed by atoms with van der Waals surface area (Å²) in [4.78, 5) is 0. The minimum atomic E-state index is -2.38. The number of hydrogen-bond donors (Lipinski definition) is 0. The van der Waals surface area contributed by atoms with Gasteiger partial charge in [-0.1, -0.05) is 40.5 Å². The molecule has 2 aliphatic carbocycles. The van der Waals surface area contributed by atoms with Gasteiger partial charge in [-0.25, -0.2) is 8.78 Å². The van der Waals surface area contributed by atoms with Crippen molar-refractivity contribution in [1.82, 2.24) is 0 Å². The van der Waals surface area contributed by atoms with Crippen LogP contribution in [0.2, 0.25) is 0 Å². The highest BCUT2D eigenvalue weighted by molar-refractivity contribution is 4.83. The third-order valence-corrected chi connectivity index (χ3v) is 6.83. The van der Waals surface area contributed by atoms with E-state index in [9.17, 15) is 8.78 Å². The van der Waals surface area contributed by atoms with Crippen LogP contribution in [0.25, 0.3) is 0 Å². The van der Waals surface area contributed by atoms with E-state index < -0.39 is 5.92 Å². The number of rotatable bonds is 5. The van der Waals surface area contributed by atoms with Crippen molar-refractivity contribution in [2.45, 2.75) is 97.8 Å². The highest BCUT2D eigenvalue weighted by Crippen LogP contribution is 2.43. The van der Waals surface area contributed by atoms with Crippen LogP contribution in [0.1, 0.15) is 91.9 Å². The van der Waals surface area contributed by atoms with Gasteiger partial charge in [0.2, 0.25) is 5.92 Å². The van der Waals surface area contributed by atoms with Gasteiger partial charge in [-0.3, -0.25) is 0 Å². The molecule has 0 aromatic carbocycles. The maximum atomic E-state index is 13.3. The molecule has 2 atom stereocenters. The van der Waals surface area contributed by atoms with E-state index in [4.69, 9.17) is 0 Å². The molecule has 2 saturated carbocycles. The first-order chi connectivity index (χ1) is 10.2. The molecule has 2 unspecified atom stereocenters. The first kappa shape index (κ1) is 18.2. The van der Waals surface area contributed by atoms with E-state index >= 15 is 0 Å². The average molecular weight is 315 g/mol. The third-order valence-electron chi connectivity index (χ3n) is 6.83. The van der Waals surface area contributed by atoms with E-state index in [1.165, 1.54) is 38.5 Å². The Morgan fingerprint density at radius 1 is 0.773 bits per heavy atom. The molecule has 0 N–H and O–H groups in total. The van der Waals surface area contributed by atoms with Crippen LogP contribution in [0.15, 0.2) is 0 Å². The molecule has 22 heavy (non-hydrogen) atoms. The SMILES string of the molecule is CC(CCC(C)C1CCC(F)(F)CC1)C1CCC(C)(C)CC1. The van der Waals surface area contributed by atoms with E-state index in [0.717, 1.165) is 24.7 Å². The molecule has 2 rings (SSSR count). The summed E-state index contributed by atoms with van der Waals surface area (Å²) in [5, 5.41) is 0. The lowest BCUT2D eigenvalue weighted by atomic mass is 9.68. The Hall–Kier alpha value is -0.140. The summed E-state index contributed by atoms with van der Waals surface area (Å²) in [5.74, 6) is 0.494. The standard InChI is InChI=1S/C20H36F2/c1-15(17-7-11-19(3,4)12-8-17)5-6-16(2)18-9-13-20(21,22)14-10-18/h15-18H,5-14H2,1-4H3. The van der Waals surface area contributed by atoms with Crippen LogP contribution in [0, 0.1) is 29.1 Å². The molecule has 0 spiro atoms. The Labute approximate surface area is 136 Å². The molecule has 2 fully saturated rings. The molecule has 0 nitrogen and oxygen atoms in total. The van der Waals surface area contributed by atoms with Gasteiger partial charge in [-0.15, -0.1) is 0 Å². The van der Waals surface area contributed by atoms with Gasteiger partial charge in [0.05, 0.1) is 0 Å². The summed E-state index contributed by atoms with van der Waals surface area (Å²) >= 11 is 0. The van der Waals surface area contributed by atoms with Crippen LogP contribution in [-0.4, -0.2) is 5.92 Å². The van der Waals surface area contributed by atoms with Crippen molar-refractivity contribution in [2.24, 2.45) is 29.1 Å². The second-order valence-corrected chi connectivity index (χ2v) is 9.23. The van der Waals surface area contributed by atoms with Crippen LogP contribution in [0.4, 0.5) is 8.78 Å². The monoisotopic (exact) mass is 314 g/mol. The molecule has 0 aromatic rings. The summed E-state index contributed by atoms with van der Waals surface area (Å²) in [6, 6.07) is 0. The van der Waals surface area contributed by atoms with Gasteiger partial charge in [0, 0.05) is 12.8 Å². The zero-order valence-electron chi connectivity index (χ0n) is 15.1. The molecule has 0 amide bonds. The first-order valence-corrected chi connectivity index (χ1v) is 9.56. The predicted octanol–water partition coefficient (Wildman–Crippen LogP) is 7.08. The maximum absolute atomic E-state index is 13.3. The number of alkyl halides is 2. The normalized spacial score (nSPS) is 29.2. The number of halogens is 2. The van der Waals surface area contributed by atoms with Gasteiger partial charge in [-0.2, -0.15) is 0 Å². The average Bonchev–Trinajstić information content (AvgIpc) is 2.44. The van der Waals surface area contributed by atoms with Crippen molar-refractivity contribution in [2.75, 3.05) is 0 Å². The van der Waals surface area contributed by atoms with Gasteiger partial charge in [-0.05, 0) is 67.6 Å². The minimum absolute atomic E-state index is 0.120. The fraction of sp³-hybridized carbons (Fsp3) is 1.00. The van der Waals surface area contributed by atoms with Crippen LogP contribution >= 0.6 is 0 Å². The van der Waals surface area contributed by atoms with Crippen LogP contribution < -0.4 is 0 Å². The topological polar surface area (TPSA) is 0 Å². The highest BCUT2D eigenvalue weighted by atomic mass is 19.3. The Bertz CT molecular complexity index is 294. The fourth-order valence-electron chi connectivity index (χ4n) is 4.62. The Morgan fingerprint density at radius 3 is 1.55 bits per heavy atom. The molecule has 2 heteroatoms. The summed E-state index contributed by atoms with van der Waals surface area (Å²) in [6.45, 7) is 9.51. The second kappa shape index (κ2) is 7.18. The van der Waals surface area contributed by atoms with Gasteiger partial charge in [0.15, 0.2) is 0 Å². The van der Waals surface area contributed by atoms with E-state index in [2.05, 4.69) is 27.7 Å². The Balaban J connectivity index is 1.69. The van der Waals surface area contributed by atoms with E-state index in [0.29, 0.717) is 17.3 Å². The number of hydrogen-bond acceptors (Lipinski definition) is 0. The molecule has 0 radical (unpaired) electrons. The van der Waals surface area contributed by atoms with Gasteiger partial charge in [0.25, 0.3) is 0 Å². The van der Waals surface area contributed by atoms with Crippen molar-refractivity contribution in [3.8, 4) is 0 Å². The van der Waals surface area contributed by atoms with Crippen molar-refractivity contribution < 1.29 is 8.78 Å². The van der Waals surface area contributed by atoms with Crippen LogP contribution in [0.5, 0.6) is 0 Å². The molecule has 2 aliphatic rings.